The number of aliphatic imine (C=N–C) groups is 1. The third-order valence-corrected chi connectivity index (χ3v) is 4.27. The monoisotopic (exact) mass is 477 g/mol. The van der Waals surface area contributed by atoms with E-state index in [1.165, 1.54) is 12.1 Å². The molecule has 1 aromatic rings. The Balaban J connectivity index is 0.00000338. The Bertz CT molecular complexity index is 578. The minimum Gasteiger partial charge on any atom is -0.462 e. The van der Waals surface area contributed by atoms with Gasteiger partial charge in [-0.15, -0.1) is 24.0 Å². The van der Waals surface area contributed by atoms with Crippen LogP contribution in [0, 0.1) is 5.82 Å². The molecule has 0 saturated heterocycles. The average molecular weight is 477 g/mol. The first-order valence-electron chi connectivity index (χ1n) is 9.06. The summed E-state index contributed by atoms with van der Waals surface area (Å²) in [5.74, 6) is 0.354. The lowest BCUT2D eigenvalue weighted by atomic mass is 10.1. The van der Waals surface area contributed by atoms with Gasteiger partial charge in [-0.2, -0.15) is 0 Å². The first-order chi connectivity index (χ1) is 12.2. The Hall–Kier alpha value is -1.38. The van der Waals surface area contributed by atoms with Gasteiger partial charge in [0.25, 0.3) is 0 Å². The fourth-order valence-corrected chi connectivity index (χ4v) is 2.93. The molecule has 5 nitrogen and oxygen atoms in total. The van der Waals surface area contributed by atoms with E-state index in [1.54, 1.807) is 13.1 Å². The summed E-state index contributed by atoms with van der Waals surface area (Å²) in [6.45, 7) is 1.31. The van der Waals surface area contributed by atoms with E-state index < -0.39 is 0 Å². The molecule has 1 saturated carbocycles. The molecule has 7 heteroatoms. The molecule has 1 aromatic carbocycles. The maximum absolute atomic E-state index is 13.1. The van der Waals surface area contributed by atoms with Crippen molar-refractivity contribution in [3.63, 3.8) is 0 Å². The van der Waals surface area contributed by atoms with E-state index in [4.69, 9.17) is 4.74 Å². The van der Waals surface area contributed by atoms with Gasteiger partial charge in [-0.1, -0.05) is 12.1 Å². The van der Waals surface area contributed by atoms with Crippen LogP contribution >= 0.6 is 24.0 Å². The molecule has 0 heterocycles. The van der Waals surface area contributed by atoms with Crippen LogP contribution in [0.25, 0.3) is 0 Å². The first kappa shape index (κ1) is 22.7. The lowest BCUT2D eigenvalue weighted by Gasteiger charge is -2.13. The number of carbonyl (C=O) groups is 1. The summed E-state index contributed by atoms with van der Waals surface area (Å²) < 4.78 is 18.5. The predicted octanol–water partition coefficient (Wildman–Crippen LogP) is 3.42. The zero-order chi connectivity index (χ0) is 17.9. The Kier molecular flexibility index (Phi) is 11.2. The number of ether oxygens (including phenoxy) is 1. The van der Waals surface area contributed by atoms with Gasteiger partial charge in [0.1, 0.15) is 11.9 Å². The molecule has 1 aliphatic rings. The topological polar surface area (TPSA) is 62.7 Å². The molecular formula is C19H29FIN3O2. The van der Waals surface area contributed by atoms with Crippen molar-refractivity contribution in [3.05, 3.63) is 35.6 Å². The molecule has 0 unspecified atom stereocenters. The van der Waals surface area contributed by atoms with Gasteiger partial charge < -0.3 is 15.4 Å². The van der Waals surface area contributed by atoms with Crippen LogP contribution in [0.5, 0.6) is 0 Å². The van der Waals surface area contributed by atoms with Crippen molar-refractivity contribution in [2.75, 3.05) is 20.1 Å². The van der Waals surface area contributed by atoms with Crippen LogP contribution in [0.4, 0.5) is 4.39 Å². The first-order valence-corrected chi connectivity index (χ1v) is 9.06. The highest BCUT2D eigenvalue weighted by Crippen LogP contribution is 2.21. The fourth-order valence-electron chi connectivity index (χ4n) is 2.93. The summed E-state index contributed by atoms with van der Waals surface area (Å²) in [5.41, 5.74) is 0.942. The van der Waals surface area contributed by atoms with Crippen LogP contribution in [0.15, 0.2) is 29.3 Å². The third-order valence-electron chi connectivity index (χ3n) is 4.27. The van der Waals surface area contributed by atoms with Crippen molar-refractivity contribution in [3.8, 4) is 0 Å². The second-order valence-corrected chi connectivity index (χ2v) is 6.31. The Labute approximate surface area is 172 Å². The zero-order valence-corrected chi connectivity index (χ0v) is 17.6. The van der Waals surface area contributed by atoms with Crippen LogP contribution in [0.3, 0.4) is 0 Å². The SMILES string of the molecule is CN=C(NCCCC(=O)OC1CCCC1)NCCc1cccc(F)c1.I. The van der Waals surface area contributed by atoms with E-state index in [1.807, 2.05) is 6.07 Å². The van der Waals surface area contributed by atoms with E-state index in [2.05, 4.69) is 15.6 Å². The van der Waals surface area contributed by atoms with Crippen molar-refractivity contribution in [1.29, 1.82) is 0 Å². The molecule has 1 aliphatic carbocycles. The van der Waals surface area contributed by atoms with Crippen LogP contribution in [0.1, 0.15) is 44.1 Å². The van der Waals surface area contributed by atoms with Gasteiger partial charge in [0.2, 0.25) is 0 Å². The van der Waals surface area contributed by atoms with E-state index in [0.717, 1.165) is 31.2 Å². The number of nitrogens with zero attached hydrogens (tertiary/aromatic N) is 1. The van der Waals surface area contributed by atoms with Gasteiger partial charge in [-0.3, -0.25) is 9.79 Å². The van der Waals surface area contributed by atoms with E-state index in [-0.39, 0.29) is 41.9 Å². The molecule has 2 rings (SSSR count). The van der Waals surface area contributed by atoms with Crippen LogP contribution in [0.2, 0.25) is 0 Å². The molecule has 1 fully saturated rings. The molecule has 2 N–H and O–H groups in total. The standard InChI is InChI=1S/C19H28FN3O2.HI/c1-21-19(23-13-11-15-6-4-7-16(20)14-15)22-12-5-10-18(24)25-17-8-2-3-9-17;/h4,6-7,14,17H,2-3,5,8-13H2,1H3,(H2,21,22,23);1H. The minimum absolute atomic E-state index is 0. The maximum atomic E-state index is 13.1. The van der Waals surface area contributed by atoms with Crippen molar-refractivity contribution >= 4 is 35.9 Å². The third kappa shape index (κ3) is 8.82. The number of carbonyl (C=O) groups excluding carboxylic acids is 1. The van der Waals surface area contributed by atoms with E-state index in [0.29, 0.717) is 38.3 Å². The van der Waals surface area contributed by atoms with Gasteiger partial charge in [0, 0.05) is 26.6 Å². The Morgan fingerprint density at radius 1 is 1.27 bits per heavy atom. The van der Waals surface area contributed by atoms with Crippen molar-refractivity contribution < 1.29 is 13.9 Å². The highest BCUT2D eigenvalue weighted by molar-refractivity contribution is 14.0. The number of rotatable bonds is 8. The molecule has 146 valence electrons. The molecule has 0 bridgehead atoms. The number of guanidine groups is 1. The summed E-state index contributed by atoms with van der Waals surface area (Å²) in [7, 11) is 1.70. The summed E-state index contributed by atoms with van der Waals surface area (Å²) in [6, 6.07) is 6.59. The van der Waals surface area contributed by atoms with Gasteiger partial charge in [0.05, 0.1) is 0 Å². The molecule has 0 spiro atoms. The predicted molar refractivity (Wildman–Crippen MR) is 112 cm³/mol. The van der Waals surface area contributed by atoms with Crippen molar-refractivity contribution in [1.82, 2.24) is 10.6 Å². The highest BCUT2D eigenvalue weighted by atomic mass is 127. The summed E-state index contributed by atoms with van der Waals surface area (Å²) in [5, 5.41) is 6.36. The summed E-state index contributed by atoms with van der Waals surface area (Å²) >= 11 is 0. The zero-order valence-electron chi connectivity index (χ0n) is 15.3. The van der Waals surface area contributed by atoms with E-state index in [9.17, 15) is 9.18 Å². The second kappa shape index (κ2) is 12.9. The maximum Gasteiger partial charge on any atom is 0.306 e. The molecule has 0 radical (unpaired) electrons. The van der Waals surface area contributed by atoms with Crippen molar-refractivity contribution in [2.45, 2.75) is 51.0 Å². The molecule has 0 aromatic heterocycles. The smallest absolute Gasteiger partial charge is 0.306 e. The molecule has 26 heavy (non-hydrogen) atoms. The van der Waals surface area contributed by atoms with Crippen LogP contribution in [-0.2, 0) is 16.0 Å². The van der Waals surface area contributed by atoms with Gasteiger partial charge in [-0.05, 0) is 56.2 Å². The lowest BCUT2D eigenvalue weighted by molar-refractivity contribution is -0.148. The summed E-state index contributed by atoms with van der Waals surface area (Å²) in [6.07, 6.45) is 6.32. The lowest BCUT2D eigenvalue weighted by Crippen LogP contribution is -2.38. The number of halogens is 2. The van der Waals surface area contributed by atoms with Crippen LogP contribution in [-0.4, -0.2) is 38.2 Å². The largest absolute Gasteiger partial charge is 0.462 e. The number of benzene rings is 1. The van der Waals surface area contributed by atoms with Gasteiger partial charge in [0.15, 0.2) is 5.96 Å². The second-order valence-electron chi connectivity index (χ2n) is 6.31. The number of nitrogens with one attached hydrogen (secondary N) is 2. The van der Waals surface area contributed by atoms with Crippen molar-refractivity contribution in [2.24, 2.45) is 4.99 Å². The quantitative estimate of drug-likeness (QED) is 0.198. The van der Waals surface area contributed by atoms with Crippen LogP contribution < -0.4 is 10.6 Å². The Morgan fingerprint density at radius 2 is 2.00 bits per heavy atom. The van der Waals surface area contributed by atoms with Gasteiger partial charge >= 0.3 is 5.97 Å². The van der Waals surface area contributed by atoms with E-state index >= 15 is 0 Å². The molecular weight excluding hydrogens is 448 g/mol. The average Bonchev–Trinajstić information content (AvgIpc) is 3.10. The fraction of sp³-hybridized carbons (Fsp3) is 0.579. The summed E-state index contributed by atoms with van der Waals surface area (Å²) in [4.78, 5) is 15.9. The Morgan fingerprint density at radius 3 is 2.69 bits per heavy atom. The minimum atomic E-state index is -0.218. The highest BCUT2D eigenvalue weighted by Gasteiger charge is 2.18. The number of esters is 1. The number of hydrogen-bond donors (Lipinski definition) is 2. The molecule has 0 atom stereocenters. The van der Waals surface area contributed by atoms with Gasteiger partial charge in [-0.25, -0.2) is 4.39 Å². The molecule has 0 amide bonds. The number of hydrogen-bond acceptors (Lipinski definition) is 3. The normalized spacial score (nSPS) is 14.6. The molecule has 0 aliphatic heterocycles.